The molecule has 4 rings (SSSR count). The van der Waals surface area contributed by atoms with E-state index >= 15 is 0 Å². The third-order valence-corrected chi connectivity index (χ3v) is 6.36. The van der Waals surface area contributed by atoms with Crippen molar-refractivity contribution in [3.05, 3.63) is 29.0 Å². The number of amides is 1. The van der Waals surface area contributed by atoms with Gasteiger partial charge in [0.05, 0.1) is 13.6 Å². The standard InChI is InChI=1S/C20H28N4O5/c1-24(29)12-23(16-4-5-18(25)21-20(16)28)15-3-2-14(10-17(15)24)13-6-8-22(9-7-13)11-19(26)27/h2-3,10,13,16,18,25H,4-9,11-12H2,1H3,(H,21,28)(H,26,27). The van der Waals surface area contributed by atoms with E-state index in [4.69, 9.17) is 5.11 Å². The minimum atomic E-state index is -0.816. The Morgan fingerprint density at radius 3 is 2.66 bits per heavy atom. The summed E-state index contributed by atoms with van der Waals surface area (Å²) in [4.78, 5) is 27.1. The van der Waals surface area contributed by atoms with E-state index in [1.165, 1.54) is 0 Å². The maximum Gasteiger partial charge on any atom is 0.317 e. The molecular weight excluding hydrogens is 376 g/mol. The fourth-order valence-corrected chi connectivity index (χ4v) is 4.82. The van der Waals surface area contributed by atoms with Crippen molar-refractivity contribution in [2.45, 2.75) is 43.9 Å². The highest BCUT2D eigenvalue weighted by molar-refractivity contribution is 5.89. The zero-order valence-electron chi connectivity index (χ0n) is 16.6. The van der Waals surface area contributed by atoms with Crippen molar-refractivity contribution in [3.63, 3.8) is 0 Å². The Labute approximate surface area is 169 Å². The Morgan fingerprint density at radius 2 is 2.00 bits per heavy atom. The van der Waals surface area contributed by atoms with Crippen LogP contribution in [0, 0.1) is 5.21 Å². The minimum absolute atomic E-state index is 0.0690. The van der Waals surface area contributed by atoms with Gasteiger partial charge in [0, 0.05) is 6.07 Å². The molecule has 3 aliphatic rings. The molecule has 0 aromatic heterocycles. The van der Waals surface area contributed by atoms with E-state index in [-0.39, 0.29) is 19.1 Å². The van der Waals surface area contributed by atoms with E-state index in [2.05, 4.69) is 5.32 Å². The van der Waals surface area contributed by atoms with Gasteiger partial charge in [-0.1, -0.05) is 6.07 Å². The van der Waals surface area contributed by atoms with Crippen molar-refractivity contribution >= 4 is 23.3 Å². The number of rotatable bonds is 4. The molecule has 9 heteroatoms. The highest BCUT2D eigenvalue weighted by Crippen LogP contribution is 2.44. The normalized spacial score (nSPS) is 30.9. The maximum atomic E-state index is 13.2. The number of piperidine rings is 2. The van der Waals surface area contributed by atoms with Gasteiger partial charge in [0.2, 0.25) is 5.91 Å². The van der Waals surface area contributed by atoms with Crippen LogP contribution in [0.25, 0.3) is 0 Å². The first-order valence-corrected chi connectivity index (χ1v) is 10.1. The number of quaternary nitrogens is 1. The van der Waals surface area contributed by atoms with Crippen LogP contribution in [0.4, 0.5) is 11.4 Å². The van der Waals surface area contributed by atoms with Crippen LogP contribution in [0.5, 0.6) is 0 Å². The van der Waals surface area contributed by atoms with Gasteiger partial charge in [0.1, 0.15) is 18.0 Å². The Bertz CT molecular complexity index is 806. The Hall–Kier alpha value is -2.20. The van der Waals surface area contributed by atoms with Gasteiger partial charge in [-0.2, -0.15) is 0 Å². The molecule has 1 aromatic rings. The van der Waals surface area contributed by atoms with E-state index < -0.39 is 22.9 Å². The zero-order valence-corrected chi connectivity index (χ0v) is 16.6. The van der Waals surface area contributed by atoms with Gasteiger partial charge in [0.15, 0.2) is 12.4 Å². The average molecular weight is 404 g/mol. The highest BCUT2D eigenvalue weighted by Gasteiger charge is 2.42. The van der Waals surface area contributed by atoms with Crippen LogP contribution in [0.1, 0.15) is 37.2 Å². The fraction of sp³-hybridized carbons (Fsp3) is 0.600. The lowest BCUT2D eigenvalue weighted by Gasteiger charge is -2.37. The summed E-state index contributed by atoms with van der Waals surface area (Å²) in [5.74, 6) is -0.751. The molecule has 3 unspecified atom stereocenters. The van der Waals surface area contributed by atoms with E-state index in [1.54, 1.807) is 7.05 Å². The van der Waals surface area contributed by atoms with Gasteiger partial charge in [-0.3, -0.25) is 14.5 Å². The molecule has 9 nitrogen and oxygen atoms in total. The lowest BCUT2D eigenvalue weighted by molar-refractivity contribution is -0.138. The Kier molecular flexibility index (Phi) is 5.24. The molecule has 0 aliphatic carbocycles. The number of likely N-dealkylation sites (tertiary alicyclic amines) is 1. The fourth-order valence-electron chi connectivity index (χ4n) is 4.82. The molecule has 1 aromatic carbocycles. The molecule has 1 amide bonds. The van der Waals surface area contributed by atoms with Crippen molar-refractivity contribution in [2.24, 2.45) is 0 Å². The Balaban J connectivity index is 1.52. The number of aliphatic hydroxyl groups is 1. The van der Waals surface area contributed by atoms with Crippen LogP contribution in [0.3, 0.4) is 0 Å². The first-order valence-electron chi connectivity index (χ1n) is 10.1. The number of nitrogens with one attached hydrogen (secondary N) is 1. The number of nitrogens with zero attached hydrogens (tertiary/aromatic N) is 3. The molecular formula is C20H28N4O5. The number of carbonyl (C=O) groups excluding carboxylic acids is 1. The van der Waals surface area contributed by atoms with Crippen LogP contribution in [-0.4, -0.2) is 72.6 Å². The molecule has 3 atom stereocenters. The summed E-state index contributed by atoms with van der Waals surface area (Å²) in [6.45, 7) is 1.70. The molecule has 3 N–H and O–H groups in total. The van der Waals surface area contributed by atoms with E-state index in [1.807, 2.05) is 28.0 Å². The smallest absolute Gasteiger partial charge is 0.317 e. The molecule has 0 saturated carbocycles. The second-order valence-electron chi connectivity index (χ2n) is 8.52. The lowest BCUT2D eigenvalue weighted by Crippen LogP contribution is -2.56. The van der Waals surface area contributed by atoms with Crippen molar-refractivity contribution < 1.29 is 19.8 Å². The van der Waals surface area contributed by atoms with Crippen LogP contribution in [0.2, 0.25) is 0 Å². The summed E-state index contributed by atoms with van der Waals surface area (Å²) >= 11 is 0. The number of anilines is 1. The second-order valence-corrected chi connectivity index (χ2v) is 8.52. The predicted octanol–water partition coefficient (Wildman–Crippen LogP) is 0.760. The summed E-state index contributed by atoms with van der Waals surface area (Å²) < 4.78 is -0.562. The number of hydroxylamine groups is 2. The highest BCUT2D eigenvalue weighted by atomic mass is 16.5. The van der Waals surface area contributed by atoms with Gasteiger partial charge in [0.25, 0.3) is 0 Å². The summed E-state index contributed by atoms with van der Waals surface area (Å²) in [6.07, 6.45) is 1.89. The van der Waals surface area contributed by atoms with E-state index in [9.17, 15) is 19.9 Å². The monoisotopic (exact) mass is 404 g/mol. The van der Waals surface area contributed by atoms with Crippen molar-refractivity contribution in [1.29, 1.82) is 0 Å². The molecule has 29 heavy (non-hydrogen) atoms. The molecule has 3 aliphatic heterocycles. The molecule has 0 bridgehead atoms. The number of carboxylic acids is 1. The number of carbonyl (C=O) groups is 2. The number of hydrogen-bond donors (Lipinski definition) is 3. The van der Waals surface area contributed by atoms with Gasteiger partial charge >= 0.3 is 5.97 Å². The van der Waals surface area contributed by atoms with Gasteiger partial charge < -0.3 is 30.3 Å². The molecule has 158 valence electrons. The second kappa shape index (κ2) is 7.56. The van der Waals surface area contributed by atoms with Gasteiger partial charge in [-0.05, 0) is 56.3 Å². The topological polar surface area (TPSA) is 116 Å². The number of fused-ring (bicyclic) bond motifs is 1. The van der Waals surface area contributed by atoms with Crippen LogP contribution in [-0.2, 0) is 9.59 Å². The summed E-state index contributed by atoms with van der Waals surface area (Å²) in [5, 5.41) is 34.3. The third kappa shape index (κ3) is 3.95. The quantitative estimate of drug-likeness (QED) is 0.501. The molecule has 0 spiro atoms. The third-order valence-electron chi connectivity index (χ3n) is 6.36. The van der Waals surface area contributed by atoms with Crippen molar-refractivity contribution in [3.8, 4) is 0 Å². The minimum Gasteiger partial charge on any atom is -0.626 e. The maximum absolute atomic E-state index is 13.2. The van der Waals surface area contributed by atoms with Crippen LogP contribution < -0.4 is 14.9 Å². The van der Waals surface area contributed by atoms with E-state index in [0.29, 0.717) is 24.4 Å². The van der Waals surface area contributed by atoms with Crippen LogP contribution in [0.15, 0.2) is 18.2 Å². The first kappa shape index (κ1) is 20.1. The largest absolute Gasteiger partial charge is 0.626 e. The summed E-state index contributed by atoms with van der Waals surface area (Å²) in [7, 11) is 1.60. The van der Waals surface area contributed by atoms with Crippen LogP contribution >= 0.6 is 0 Å². The van der Waals surface area contributed by atoms with Crippen molar-refractivity contribution in [1.82, 2.24) is 14.9 Å². The lowest BCUT2D eigenvalue weighted by atomic mass is 9.89. The summed E-state index contributed by atoms with van der Waals surface area (Å²) in [5.41, 5.74) is 2.55. The molecule has 2 saturated heterocycles. The van der Waals surface area contributed by atoms with E-state index in [0.717, 1.165) is 37.2 Å². The number of hydrogen-bond acceptors (Lipinski definition) is 6. The number of aliphatic hydroxyl groups excluding tert-OH is 1. The molecule has 0 radical (unpaired) electrons. The number of aliphatic carboxylic acids is 1. The molecule has 3 heterocycles. The average Bonchev–Trinajstić information content (AvgIpc) is 2.92. The van der Waals surface area contributed by atoms with Gasteiger partial charge in [-0.15, -0.1) is 0 Å². The molecule has 2 fully saturated rings. The van der Waals surface area contributed by atoms with Gasteiger partial charge in [-0.25, -0.2) is 0 Å². The Morgan fingerprint density at radius 1 is 1.28 bits per heavy atom. The number of benzene rings is 1. The number of carboxylic acid groups (broad SMARTS) is 1. The zero-order chi connectivity index (χ0) is 20.8. The summed E-state index contributed by atoms with van der Waals surface area (Å²) in [6, 6.07) is 5.49. The van der Waals surface area contributed by atoms with Crippen molar-refractivity contribution in [2.75, 3.05) is 38.3 Å². The first-order chi connectivity index (χ1) is 13.7. The predicted molar refractivity (Wildman–Crippen MR) is 108 cm³/mol. The SMILES string of the molecule is C[N+]1([O-])CN(C2CCC(O)NC2=O)c2ccc(C3CCN(CC(=O)O)CC3)cc21.